The van der Waals surface area contributed by atoms with E-state index in [1.807, 2.05) is 66.0 Å². The first-order valence-electron chi connectivity index (χ1n) is 8.39. The van der Waals surface area contributed by atoms with Gasteiger partial charge >= 0.3 is 0 Å². The Hall–Kier alpha value is -1.75. The number of H-pyrrole nitrogens is 1. The van der Waals surface area contributed by atoms with E-state index in [-0.39, 0.29) is 12.1 Å². The van der Waals surface area contributed by atoms with Gasteiger partial charge in [0.2, 0.25) is 0 Å². The minimum atomic E-state index is -0.452. The minimum Gasteiger partial charge on any atom is -0.360 e. The predicted molar refractivity (Wildman–Crippen MR) is 103 cm³/mol. The first-order valence-corrected chi connectivity index (χ1v) is 9.61. The Labute approximate surface area is 149 Å². The largest absolute Gasteiger partial charge is 0.360 e. The van der Waals surface area contributed by atoms with Gasteiger partial charge in [0.05, 0.1) is 5.56 Å². The molecule has 4 nitrogen and oxygen atoms in total. The van der Waals surface area contributed by atoms with Crippen molar-refractivity contribution in [3.63, 3.8) is 0 Å². The van der Waals surface area contributed by atoms with Crippen LogP contribution in [0.3, 0.4) is 0 Å². The molecule has 0 saturated heterocycles. The molecule has 132 valence electrons. The molecule has 1 N–H and O–H groups in total. The zero-order chi connectivity index (χ0) is 18.4. The fourth-order valence-corrected chi connectivity index (χ4v) is 3.15. The van der Waals surface area contributed by atoms with Crippen molar-refractivity contribution < 1.29 is 9.59 Å². The van der Waals surface area contributed by atoms with Crippen LogP contribution in [0.5, 0.6) is 0 Å². The summed E-state index contributed by atoms with van der Waals surface area (Å²) in [5.41, 5.74) is 1.32. The van der Waals surface area contributed by atoms with Crippen LogP contribution in [0.1, 0.15) is 51.9 Å². The molecule has 0 aliphatic carbocycles. The van der Waals surface area contributed by atoms with Gasteiger partial charge in [-0.05, 0) is 52.1 Å². The van der Waals surface area contributed by atoms with Crippen LogP contribution in [-0.2, 0) is 4.79 Å². The molecule has 1 aromatic carbocycles. The van der Waals surface area contributed by atoms with Crippen molar-refractivity contribution in [3.8, 4) is 0 Å². The summed E-state index contributed by atoms with van der Waals surface area (Å²) in [7, 11) is 0. The van der Waals surface area contributed by atoms with Crippen LogP contribution in [0.2, 0.25) is 0 Å². The lowest BCUT2D eigenvalue weighted by Gasteiger charge is -2.29. The van der Waals surface area contributed by atoms with Crippen LogP contribution < -0.4 is 0 Å². The number of ketones is 1. The Morgan fingerprint density at radius 2 is 1.67 bits per heavy atom. The van der Waals surface area contributed by atoms with Crippen molar-refractivity contribution in [1.82, 2.24) is 9.88 Å². The van der Waals surface area contributed by atoms with Gasteiger partial charge in [-0.25, -0.2) is 0 Å². The maximum Gasteiger partial charge on any atom is 0.295 e. The monoisotopic (exact) mass is 348 g/mol. The number of carbonyl (C=O) groups excluding carboxylic acids is 2. The second kappa shape index (κ2) is 8.92. The van der Waals surface area contributed by atoms with Gasteiger partial charge in [-0.2, -0.15) is 0 Å². The summed E-state index contributed by atoms with van der Waals surface area (Å²) in [4.78, 5) is 31.0. The van der Waals surface area contributed by atoms with Gasteiger partial charge in [0.1, 0.15) is 0 Å². The molecule has 0 aliphatic rings. The van der Waals surface area contributed by atoms with Crippen molar-refractivity contribution in [2.24, 2.45) is 0 Å². The Bertz CT molecular complexity index is 696. The molecule has 0 saturated carbocycles. The van der Waals surface area contributed by atoms with Crippen molar-refractivity contribution in [1.29, 1.82) is 0 Å². The Morgan fingerprint density at radius 3 is 2.17 bits per heavy atom. The maximum absolute atomic E-state index is 12.7. The third kappa shape index (κ3) is 4.20. The van der Waals surface area contributed by atoms with Crippen LogP contribution in [0.15, 0.2) is 29.3 Å². The quantitative estimate of drug-likeness (QED) is 0.482. The Morgan fingerprint density at radius 1 is 1.08 bits per heavy atom. The lowest BCUT2D eigenvalue weighted by Crippen LogP contribution is -2.45. The third-order valence-corrected chi connectivity index (χ3v) is 4.40. The Balaban J connectivity index is 0.00000139. The molecular formula is C19H28N2O2S. The summed E-state index contributed by atoms with van der Waals surface area (Å²) < 4.78 is 0. The van der Waals surface area contributed by atoms with E-state index in [2.05, 4.69) is 4.98 Å². The zero-order valence-corrected chi connectivity index (χ0v) is 16.5. The fourth-order valence-electron chi connectivity index (χ4n) is 2.71. The summed E-state index contributed by atoms with van der Waals surface area (Å²) in [6, 6.07) is 5.86. The molecule has 1 aromatic heterocycles. The first kappa shape index (κ1) is 20.3. The highest BCUT2D eigenvalue weighted by atomic mass is 32.2. The van der Waals surface area contributed by atoms with Crippen molar-refractivity contribution >= 4 is 34.4 Å². The molecular weight excluding hydrogens is 320 g/mol. The molecule has 24 heavy (non-hydrogen) atoms. The van der Waals surface area contributed by atoms with Crippen molar-refractivity contribution in [2.75, 3.05) is 6.26 Å². The second-order valence-electron chi connectivity index (χ2n) is 5.84. The summed E-state index contributed by atoms with van der Waals surface area (Å²) >= 11 is 1.61. The molecule has 0 unspecified atom stereocenters. The van der Waals surface area contributed by atoms with Crippen LogP contribution >= 0.6 is 11.8 Å². The standard InChI is InChI=1S/C17H22N2O2S.C2H6/c1-10(2)19(11(3)4)17(21)16(20)14-9-18-15-7-6-12(22-5)8-13(14)15;1-2/h6-11,18H,1-5H3;1-2H3. The summed E-state index contributed by atoms with van der Waals surface area (Å²) in [5.74, 6) is -0.896. The number of fused-ring (bicyclic) bond motifs is 1. The molecule has 0 aliphatic heterocycles. The number of rotatable bonds is 5. The number of benzene rings is 1. The molecule has 2 aromatic rings. The lowest BCUT2D eigenvalue weighted by molar-refractivity contribution is -0.129. The second-order valence-corrected chi connectivity index (χ2v) is 6.72. The van der Waals surface area contributed by atoms with Crippen molar-refractivity contribution in [2.45, 2.75) is 58.5 Å². The first-order chi connectivity index (χ1) is 11.4. The van der Waals surface area contributed by atoms with E-state index in [1.165, 1.54) is 0 Å². The SMILES string of the molecule is CC.CSc1ccc2[nH]cc(C(=O)C(=O)N(C(C)C)C(C)C)c2c1. The number of aromatic amines is 1. The average Bonchev–Trinajstić information content (AvgIpc) is 2.98. The molecule has 0 spiro atoms. The van der Waals surface area contributed by atoms with E-state index >= 15 is 0 Å². The molecule has 1 heterocycles. The number of carbonyl (C=O) groups is 2. The fraction of sp³-hybridized carbons (Fsp3) is 0.474. The van der Waals surface area contributed by atoms with E-state index in [9.17, 15) is 9.59 Å². The van der Waals surface area contributed by atoms with Crippen LogP contribution in [0.4, 0.5) is 0 Å². The molecule has 0 bridgehead atoms. The van der Waals surface area contributed by atoms with E-state index < -0.39 is 11.7 Å². The summed E-state index contributed by atoms with van der Waals surface area (Å²) in [6.07, 6.45) is 3.62. The molecule has 0 radical (unpaired) electrons. The van der Waals surface area contributed by atoms with Gasteiger partial charge in [0.15, 0.2) is 0 Å². The molecule has 2 rings (SSSR count). The third-order valence-electron chi connectivity index (χ3n) is 3.67. The summed E-state index contributed by atoms with van der Waals surface area (Å²) in [6.45, 7) is 11.7. The number of nitrogens with one attached hydrogen (secondary N) is 1. The lowest BCUT2D eigenvalue weighted by atomic mass is 10.1. The number of hydrogen-bond acceptors (Lipinski definition) is 3. The Kier molecular flexibility index (Phi) is 7.55. The van der Waals surface area contributed by atoms with Gasteiger partial charge in [-0.1, -0.05) is 13.8 Å². The van der Waals surface area contributed by atoms with E-state index in [0.29, 0.717) is 5.56 Å². The van der Waals surface area contributed by atoms with Crippen LogP contribution in [-0.4, -0.2) is 39.9 Å². The summed E-state index contributed by atoms with van der Waals surface area (Å²) in [5, 5.41) is 0.803. The number of amides is 1. The number of thioether (sulfide) groups is 1. The number of Topliss-reactive ketones (excluding diaryl/α,β-unsaturated/α-hetero) is 1. The van der Waals surface area contributed by atoms with Gasteiger partial charge in [-0.3, -0.25) is 9.59 Å². The number of nitrogens with zero attached hydrogens (tertiary/aromatic N) is 1. The average molecular weight is 349 g/mol. The van der Waals surface area contributed by atoms with Gasteiger partial charge in [0, 0.05) is 34.1 Å². The van der Waals surface area contributed by atoms with E-state index in [1.54, 1.807) is 22.9 Å². The molecule has 5 heteroatoms. The predicted octanol–water partition coefficient (Wildman–Crippen LogP) is 4.74. The normalized spacial score (nSPS) is 10.7. The van der Waals surface area contributed by atoms with Crippen LogP contribution in [0.25, 0.3) is 10.9 Å². The highest BCUT2D eigenvalue weighted by Gasteiger charge is 2.28. The topological polar surface area (TPSA) is 53.2 Å². The smallest absolute Gasteiger partial charge is 0.295 e. The van der Waals surface area contributed by atoms with Gasteiger partial charge in [0.25, 0.3) is 11.7 Å². The van der Waals surface area contributed by atoms with Gasteiger partial charge in [-0.15, -0.1) is 11.8 Å². The van der Waals surface area contributed by atoms with E-state index in [4.69, 9.17) is 0 Å². The van der Waals surface area contributed by atoms with Crippen molar-refractivity contribution in [3.05, 3.63) is 30.0 Å². The zero-order valence-electron chi connectivity index (χ0n) is 15.6. The molecule has 1 amide bonds. The highest BCUT2D eigenvalue weighted by Crippen LogP contribution is 2.25. The highest BCUT2D eigenvalue weighted by molar-refractivity contribution is 7.98. The minimum absolute atomic E-state index is 0.0107. The van der Waals surface area contributed by atoms with Gasteiger partial charge < -0.3 is 9.88 Å². The number of aromatic nitrogens is 1. The molecule has 0 atom stereocenters. The van der Waals surface area contributed by atoms with Crippen LogP contribution in [0, 0.1) is 0 Å². The maximum atomic E-state index is 12.7. The molecule has 0 fully saturated rings. The van der Waals surface area contributed by atoms with E-state index in [0.717, 1.165) is 15.8 Å². The number of hydrogen-bond donors (Lipinski definition) is 1.